The Kier molecular flexibility index (Phi) is 2.86. The molecule has 0 radical (unpaired) electrons. The van der Waals surface area contributed by atoms with Crippen LogP contribution in [0.25, 0.3) is 11.1 Å². The molecule has 1 heterocycles. The number of rotatable bonds is 2. The van der Waals surface area contributed by atoms with E-state index in [0.717, 1.165) is 19.2 Å². The molecule has 0 saturated heterocycles. The average Bonchev–Trinajstić information content (AvgIpc) is 2.84. The summed E-state index contributed by atoms with van der Waals surface area (Å²) in [6, 6.07) is 1.79. The van der Waals surface area contributed by atoms with E-state index in [0.29, 0.717) is 5.56 Å². The van der Waals surface area contributed by atoms with Crippen LogP contribution in [-0.2, 0) is 4.74 Å². The Hall–Kier alpha value is -2.24. The van der Waals surface area contributed by atoms with Gasteiger partial charge in [0.05, 0.1) is 18.9 Å². The predicted octanol–water partition coefficient (Wildman–Crippen LogP) is 2.14. The minimum absolute atomic E-state index is 0.0425. The van der Waals surface area contributed by atoms with Gasteiger partial charge in [0, 0.05) is 17.3 Å². The first-order valence-corrected chi connectivity index (χ1v) is 4.70. The molecule has 0 spiro atoms. The number of nitrogens with zero attached hydrogens (tertiary/aromatic N) is 1. The van der Waals surface area contributed by atoms with Crippen LogP contribution in [0.1, 0.15) is 10.4 Å². The fraction of sp³-hybridized carbons (Fsp3) is 0.0909. The molecule has 88 valence electrons. The van der Waals surface area contributed by atoms with Gasteiger partial charge in [-0.25, -0.2) is 13.6 Å². The lowest BCUT2D eigenvalue weighted by Crippen LogP contribution is -2.06. The van der Waals surface area contributed by atoms with Gasteiger partial charge in [-0.1, -0.05) is 0 Å². The van der Waals surface area contributed by atoms with Crippen LogP contribution in [0, 0.1) is 11.6 Å². The normalized spacial score (nSPS) is 10.3. The van der Waals surface area contributed by atoms with E-state index < -0.39 is 23.2 Å². The third kappa shape index (κ3) is 2.01. The van der Waals surface area contributed by atoms with Crippen molar-refractivity contribution in [1.82, 2.24) is 10.2 Å². The Morgan fingerprint density at radius 2 is 2.18 bits per heavy atom. The Bertz CT molecular complexity index is 553. The Balaban J connectivity index is 2.62. The quantitative estimate of drug-likeness (QED) is 0.815. The van der Waals surface area contributed by atoms with Gasteiger partial charge < -0.3 is 4.74 Å². The average molecular weight is 238 g/mol. The number of hydrogen-bond donors (Lipinski definition) is 1. The number of H-pyrrole nitrogens is 1. The smallest absolute Gasteiger partial charge is 0.340 e. The number of nitrogens with one attached hydrogen (secondary N) is 1. The van der Waals surface area contributed by atoms with Gasteiger partial charge in [0.25, 0.3) is 0 Å². The molecule has 0 amide bonds. The van der Waals surface area contributed by atoms with E-state index in [9.17, 15) is 13.6 Å². The van der Waals surface area contributed by atoms with Crippen molar-refractivity contribution in [2.75, 3.05) is 7.11 Å². The molecule has 17 heavy (non-hydrogen) atoms. The van der Waals surface area contributed by atoms with Crippen LogP contribution >= 0.6 is 0 Å². The number of halogens is 2. The highest BCUT2D eigenvalue weighted by atomic mass is 19.1. The molecule has 4 nitrogen and oxygen atoms in total. The molecule has 0 bridgehead atoms. The minimum Gasteiger partial charge on any atom is -0.465 e. The summed E-state index contributed by atoms with van der Waals surface area (Å²) in [7, 11) is 1.10. The molecule has 2 aromatic rings. The van der Waals surface area contributed by atoms with Crippen molar-refractivity contribution in [3.05, 3.63) is 41.7 Å². The van der Waals surface area contributed by atoms with Gasteiger partial charge in [-0.3, -0.25) is 5.10 Å². The first kappa shape index (κ1) is 11.3. The van der Waals surface area contributed by atoms with E-state index in [1.54, 1.807) is 0 Å². The maximum Gasteiger partial charge on any atom is 0.340 e. The summed E-state index contributed by atoms with van der Waals surface area (Å²) in [4.78, 5) is 11.3. The number of hydrogen-bond acceptors (Lipinski definition) is 3. The number of aromatic nitrogens is 2. The van der Waals surface area contributed by atoms with Crippen molar-refractivity contribution < 1.29 is 18.3 Å². The van der Waals surface area contributed by atoms with Crippen molar-refractivity contribution in [2.45, 2.75) is 0 Å². The number of esters is 1. The molecule has 0 atom stereocenters. The second kappa shape index (κ2) is 4.32. The standard InChI is InChI=1S/C11H8F2N2O2/c1-17-11(16)9-3-7(12)2-8(10(9)13)6-4-14-15-5-6/h2-5H,1H3,(H,14,15). The SMILES string of the molecule is COC(=O)c1cc(F)cc(-c2cn[nH]c2)c1F. The predicted molar refractivity (Wildman–Crippen MR) is 55.3 cm³/mol. The second-order valence-electron chi connectivity index (χ2n) is 3.29. The summed E-state index contributed by atoms with van der Waals surface area (Å²) < 4.78 is 31.6. The zero-order chi connectivity index (χ0) is 12.4. The first-order chi connectivity index (χ1) is 8.13. The van der Waals surface area contributed by atoms with E-state index in [-0.39, 0.29) is 5.56 Å². The van der Waals surface area contributed by atoms with Crippen LogP contribution in [0.2, 0.25) is 0 Å². The van der Waals surface area contributed by atoms with Crippen LogP contribution in [0.4, 0.5) is 8.78 Å². The van der Waals surface area contributed by atoms with Crippen molar-refractivity contribution >= 4 is 5.97 Å². The summed E-state index contributed by atoms with van der Waals surface area (Å²) in [6.45, 7) is 0. The number of carbonyl (C=O) groups excluding carboxylic acids is 1. The van der Waals surface area contributed by atoms with Crippen molar-refractivity contribution in [3.63, 3.8) is 0 Å². The van der Waals surface area contributed by atoms with E-state index in [1.807, 2.05) is 0 Å². The maximum absolute atomic E-state index is 13.9. The Morgan fingerprint density at radius 1 is 1.41 bits per heavy atom. The molecule has 0 aliphatic rings. The minimum atomic E-state index is -0.924. The van der Waals surface area contributed by atoms with Crippen LogP contribution in [0.5, 0.6) is 0 Å². The van der Waals surface area contributed by atoms with Gasteiger partial charge in [-0.15, -0.1) is 0 Å². The highest BCUT2D eigenvalue weighted by Crippen LogP contribution is 2.25. The summed E-state index contributed by atoms with van der Waals surface area (Å²) >= 11 is 0. The van der Waals surface area contributed by atoms with Gasteiger partial charge in [0.15, 0.2) is 0 Å². The highest BCUT2D eigenvalue weighted by molar-refractivity contribution is 5.91. The molecule has 1 aromatic heterocycles. The molecule has 0 aliphatic carbocycles. The second-order valence-corrected chi connectivity index (χ2v) is 3.29. The molecule has 0 unspecified atom stereocenters. The molecular weight excluding hydrogens is 230 g/mol. The number of ether oxygens (including phenoxy) is 1. The van der Waals surface area contributed by atoms with Gasteiger partial charge in [0.1, 0.15) is 11.6 Å². The summed E-state index contributed by atoms with van der Waals surface area (Å²) in [5.41, 5.74) is -0.130. The van der Waals surface area contributed by atoms with E-state index in [1.165, 1.54) is 12.4 Å². The lowest BCUT2D eigenvalue weighted by Gasteiger charge is -2.06. The largest absolute Gasteiger partial charge is 0.465 e. The number of methoxy groups -OCH3 is 1. The molecular formula is C11H8F2N2O2. The van der Waals surface area contributed by atoms with Crippen molar-refractivity contribution in [2.24, 2.45) is 0 Å². The highest BCUT2D eigenvalue weighted by Gasteiger charge is 2.19. The maximum atomic E-state index is 13.9. The number of benzene rings is 1. The van der Waals surface area contributed by atoms with Crippen LogP contribution < -0.4 is 0 Å². The third-order valence-electron chi connectivity index (χ3n) is 2.25. The van der Waals surface area contributed by atoms with Crippen molar-refractivity contribution in [1.29, 1.82) is 0 Å². The van der Waals surface area contributed by atoms with Crippen molar-refractivity contribution in [3.8, 4) is 11.1 Å². The fourth-order valence-corrected chi connectivity index (χ4v) is 1.46. The molecule has 1 aromatic carbocycles. The lowest BCUT2D eigenvalue weighted by molar-refractivity contribution is 0.0595. The zero-order valence-corrected chi connectivity index (χ0v) is 8.83. The molecule has 6 heteroatoms. The topological polar surface area (TPSA) is 55.0 Å². The Labute approximate surface area is 95.2 Å². The fourth-order valence-electron chi connectivity index (χ4n) is 1.46. The molecule has 0 fully saturated rings. The molecule has 0 saturated carbocycles. The monoisotopic (exact) mass is 238 g/mol. The summed E-state index contributed by atoms with van der Waals surface area (Å²) in [6.07, 6.45) is 2.73. The molecule has 2 rings (SSSR count). The van der Waals surface area contributed by atoms with E-state index in [2.05, 4.69) is 14.9 Å². The number of aromatic amines is 1. The van der Waals surface area contributed by atoms with Gasteiger partial charge in [-0.2, -0.15) is 5.10 Å². The van der Waals surface area contributed by atoms with Crippen LogP contribution in [-0.4, -0.2) is 23.3 Å². The molecule has 1 N–H and O–H groups in total. The van der Waals surface area contributed by atoms with Crippen LogP contribution in [0.15, 0.2) is 24.5 Å². The van der Waals surface area contributed by atoms with Gasteiger partial charge in [0.2, 0.25) is 0 Å². The summed E-state index contributed by atoms with van der Waals surface area (Å²) in [5, 5.41) is 6.12. The lowest BCUT2D eigenvalue weighted by atomic mass is 10.0. The first-order valence-electron chi connectivity index (χ1n) is 4.70. The van der Waals surface area contributed by atoms with Gasteiger partial charge >= 0.3 is 5.97 Å². The van der Waals surface area contributed by atoms with E-state index in [4.69, 9.17) is 0 Å². The van der Waals surface area contributed by atoms with Gasteiger partial charge in [-0.05, 0) is 12.1 Å². The third-order valence-corrected chi connectivity index (χ3v) is 2.25. The number of carbonyl (C=O) groups is 1. The summed E-state index contributed by atoms with van der Waals surface area (Å²) in [5.74, 6) is -2.48. The zero-order valence-electron chi connectivity index (χ0n) is 8.83. The Morgan fingerprint density at radius 3 is 2.76 bits per heavy atom. The van der Waals surface area contributed by atoms with Crippen LogP contribution in [0.3, 0.4) is 0 Å². The van der Waals surface area contributed by atoms with E-state index >= 15 is 0 Å². The molecule has 0 aliphatic heterocycles.